The first-order valence-electron chi connectivity index (χ1n) is 7.57. The Balaban J connectivity index is 2.37. The van der Waals surface area contributed by atoms with Gasteiger partial charge >= 0.3 is 0 Å². The molecule has 0 radical (unpaired) electrons. The molecule has 1 aliphatic rings. The number of benzene rings is 1. The Bertz CT molecular complexity index is 670. The lowest BCUT2D eigenvalue weighted by Crippen LogP contribution is -2.51. The lowest BCUT2D eigenvalue weighted by Gasteiger charge is -2.39. The van der Waals surface area contributed by atoms with Gasteiger partial charge in [-0.3, -0.25) is 4.79 Å². The molecule has 0 unspecified atom stereocenters. The van der Waals surface area contributed by atoms with Crippen LogP contribution in [0, 0.1) is 12.8 Å². The number of hydrogen-bond acceptors (Lipinski definition) is 4. The van der Waals surface area contributed by atoms with Crippen LogP contribution in [0.3, 0.4) is 0 Å². The van der Waals surface area contributed by atoms with Crippen molar-refractivity contribution in [3.05, 3.63) is 29.3 Å². The van der Waals surface area contributed by atoms with Gasteiger partial charge in [-0.05, 0) is 43.4 Å². The van der Waals surface area contributed by atoms with E-state index < -0.39 is 9.84 Å². The van der Waals surface area contributed by atoms with E-state index in [1.165, 1.54) is 6.07 Å². The number of nitrogens with zero attached hydrogens (tertiary/aromatic N) is 1. The molecule has 122 valence electrons. The van der Waals surface area contributed by atoms with E-state index in [0.717, 1.165) is 19.1 Å². The second-order valence-electron chi connectivity index (χ2n) is 6.17. The van der Waals surface area contributed by atoms with Crippen LogP contribution in [0.1, 0.15) is 35.7 Å². The first-order chi connectivity index (χ1) is 10.3. The molecule has 1 fully saturated rings. The number of rotatable bonds is 3. The summed E-state index contributed by atoms with van der Waals surface area (Å²) in [6.07, 6.45) is 3.18. The number of hydrogen-bond donors (Lipinski definition) is 1. The summed E-state index contributed by atoms with van der Waals surface area (Å²) in [5.41, 5.74) is 6.90. The van der Waals surface area contributed by atoms with E-state index in [4.69, 9.17) is 5.73 Å². The molecule has 2 atom stereocenters. The maximum absolute atomic E-state index is 12.8. The predicted octanol–water partition coefficient (Wildman–Crippen LogP) is 1.60. The van der Waals surface area contributed by atoms with Crippen molar-refractivity contribution in [3.8, 4) is 0 Å². The van der Waals surface area contributed by atoms with Crippen molar-refractivity contribution >= 4 is 15.7 Å². The third-order valence-electron chi connectivity index (χ3n) is 4.45. The number of amides is 1. The lowest BCUT2D eigenvalue weighted by atomic mass is 9.90. The molecular formula is C16H24N2O3S. The van der Waals surface area contributed by atoms with Gasteiger partial charge in [0.2, 0.25) is 0 Å². The monoisotopic (exact) mass is 324 g/mol. The van der Waals surface area contributed by atoms with Gasteiger partial charge in [0.1, 0.15) is 0 Å². The average Bonchev–Trinajstić information content (AvgIpc) is 2.45. The number of aryl methyl sites for hydroxylation is 1. The molecule has 2 rings (SSSR count). The summed E-state index contributed by atoms with van der Waals surface area (Å²) in [6.45, 7) is 4.94. The summed E-state index contributed by atoms with van der Waals surface area (Å²) in [6, 6.07) is 4.89. The molecule has 6 heteroatoms. The zero-order valence-corrected chi connectivity index (χ0v) is 14.2. The first-order valence-corrected chi connectivity index (χ1v) is 9.46. The second kappa shape index (κ2) is 6.38. The van der Waals surface area contributed by atoms with Crippen LogP contribution in [0.2, 0.25) is 0 Å². The zero-order chi connectivity index (χ0) is 16.5. The van der Waals surface area contributed by atoms with E-state index in [0.29, 0.717) is 30.1 Å². The zero-order valence-electron chi connectivity index (χ0n) is 13.4. The van der Waals surface area contributed by atoms with E-state index in [-0.39, 0.29) is 16.8 Å². The van der Waals surface area contributed by atoms with Gasteiger partial charge in [0.15, 0.2) is 9.84 Å². The fraction of sp³-hybridized carbons (Fsp3) is 0.562. The summed E-state index contributed by atoms with van der Waals surface area (Å²) >= 11 is 0. The average molecular weight is 324 g/mol. The van der Waals surface area contributed by atoms with Crippen LogP contribution in [-0.4, -0.2) is 44.6 Å². The number of piperidine rings is 1. The topological polar surface area (TPSA) is 80.5 Å². The molecule has 1 saturated heterocycles. The van der Waals surface area contributed by atoms with Gasteiger partial charge in [-0.15, -0.1) is 0 Å². The van der Waals surface area contributed by atoms with E-state index in [9.17, 15) is 13.2 Å². The Labute approximate surface area is 132 Å². The van der Waals surface area contributed by atoms with E-state index >= 15 is 0 Å². The van der Waals surface area contributed by atoms with Crippen molar-refractivity contribution in [1.29, 1.82) is 0 Å². The standard InChI is InChI=1S/C16H24N2O3S/c1-11-5-4-8-18(14(11)10-17)16(19)13-7-6-12(2)15(9-13)22(3,20)21/h6-7,9,11,14H,4-5,8,10,17H2,1-3H3/t11-,14-/m0/s1. The molecule has 2 N–H and O–H groups in total. The van der Waals surface area contributed by atoms with Crippen LogP contribution in [0.5, 0.6) is 0 Å². The van der Waals surface area contributed by atoms with Gasteiger partial charge < -0.3 is 10.6 Å². The van der Waals surface area contributed by atoms with Gasteiger partial charge in [0, 0.05) is 31.0 Å². The maximum Gasteiger partial charge on any atom is 0.254 e. The highest BCUT2D eigenvalue weighted by Crippen LogP contribution is 2.25. The number of likely N-dealkylation sites (tertiary alicyclic amines) is 1. The minimum Gasteiger partial charge on any atom is -0.334 e. The van der Waals surface area contributed by atoms with Crippen molar-refractivity contribution in [1.82, 2.24) is 4.90 Å². The van der Waals surface area contributed by atoms with Crippen LogP contribution >= 0.6 is 0 Å². The van der Waals surface area contributed by atoms with Crippen LogP contribution in [0.25, 0.3) is 0 Å². The highest BCUT2D eigenvalue weighted by atomic mass is 32.2. The molecule has 0 bridgehead atoms. The highest BCUT2D eigenvalue weighted by Gasteiger charge is 2.31. The Morgan fingerprint density at radius 1 is 1.41 bits per heavy atom. The van der Waals surface area contributed by atoms with Crippen molar-refractivity contribution in [2.45, 2.75) is 37.6 Å². The quantitative estimate of drug-likeness (QED) is 0.916. The Kier molecular flexibility index (Phi) is 4.92. The van der Waals surface area contributed by atoms with Crippen molar-refractivity contribution in [3.63, 3.8) is 0 Å². The normalized spacial score (nSPS) is 22.6. The molecule has 0 saturated carbocycles. The summed E-state index contributed by atoms with van der Waals surface area (Å²) < 4.78 is 23.7. The van der Waals surface area contributed by atoms with Gasteiger partial charge in [-0.1, -0.05) is 13.0 Å². The molecule has 0 aromatic heterocycles. The SMILES string of the molecule is Cc1ccc(C(=O)N2CCC[C@H](C)[C@@H]2CN)cc1S(C)(=O)=O. The van der Waals surface area contributed by atoms with Gasteiger partial charge in [0.05, 0.1) is 4.90 Å². The molecule has 5 nitrogen and oxygen atoms in total. The number of nitrogens with two attached hydrogens (primary N) is 1. The largest absolute Gasteiger partial charge is 0.334 e. The Morgan fingerprint density at radius 3 is 2.68 bits per heavy atom. The smallest absolute Gasteiger partial charge is 0.254 e. The van der Waals surface area contributed by atoms with Crippen molar-refractivity contribution < 1.29 is 13.2 Å². The molecule has 1 heterocycles. The Morgan fingerprint density at radius 2 is 2.09 bits per heavy atom. The van der Waals surface area contributed by atoms with Gasteiger partial charge in [0.25, 0.3) is 5.91 Å². The van der Waals surface area contributed by atoms with Crippen LogP contribution in [0.15, 0.2) is 23.1 Å². The molecule has 0 spiro atoms. The van der Waals surface area contributed by atoms with Gasteiger partial charge in [-0.25, -0.2) is 8.42 Å². The summed E-state index contributed by atoms with van der Waals surface area (Å²) in [7, 11) is -3.35. The minimum absolute atomic E-state index is 0.0178. The maximum atomic E-state index is 12.8. The highest BCUT2D eigenvalue weighted by molar-refractivity contribution is 7.90. The van der Waals surface area contributed by atoms with Crippen molar-refractivity contribution in [2.75, 3.05) is 19.3 Å². The van der Waals surface area contributed by atoms with E-state index in [1.807, 2.05) is 0 Å². The minimum atomic E-state index is -3.35. The third kappa shape index (κ3) is 3.33. The molecular weight excluding hydrogens is 300 g/mol. The third-order valence-corrected chi connectivity index (χ3v) is 5.69. The van der Waals surface area contributed by atoms with E-state index in [1.54, 1.807) is 24.0 Å². The predicted molar refractivity (Wildman–Crippen MR) is 86.6 cm³/mol. The summed E-state index contributed by atoms with van der Waals surface area (Å²) in [4.78, 5) is 14.8. The number of sulfone groups is 1. The van der Waals surface area contributed by atoms with E-state index in [2.05, 4.69) is 6.92 Å². The fourth-order valence-electron chi connectivity index (χ4n) is 3.16. The van der Waals surface area contributed by atoms with Crippen molar-refractivity contribution in [2.24, 2.45) is 11.7 Å². The summed E-state index contributed by atoms with van der Waals surface area (Å²) in [5, 5.41) is 0. The van der Waals surface area contributed by atoms with Crippen LogP contribution in [0.4, 0.5) is 0 Å². The number of carbonyl (C=O) groups excluding carboxylic acids is 1. The first kappa shape index (κ1) is 17.0. The van der Waals surface area contributed by atoms with Crippen LogP contribution < -0.4 is 5.73 Å². The Hall–Kier alpha value is -1.40. The lowest BCUT2D eigenvalue weighted by molar-refractivity contribution is 0.0532. The van der Waals surface area contributed by atoms with Gasteiger partial charge in [-0.2, -0.15) is 0 Å². The molecule has 1 aromatic rings. The van der Waals surface area contributed by atoms with Crippen LogP contribution in [-0.2, 0) is 9.84 Å². The molecule has 1 aliphatic heterocycles. The molecule has 0 aliphatic carbocycles. The second-order valence-corrected chi connectivity index (χ2v) is 8.16. The summed E-state index contributed by atoms with van der Waals surface area (Å²) in [5.74, 6) is 0.231. The molecule has 22 heavy (non-hydrogen) atoms. The molecule has 1 aromatic carbocycles. The number of carbonyl (C=O) groups is 1. The fourth-order valence-corrected chi connectivity index (χ4v) is 4.15. The molecule has 1 amide bonds.